The first-order valence-electron chi connectivity index (χ1n) is 4.45. The summed E-state index contributed by atoms with van der Waals surface area (Å²) in [4.78, 5) is 0. The van der Waals surface area contributed by atoms with E-state index in [0.29, 0.717) is 6.04 Å². The fourth-order valence-electron chi connectivity index (χ4n) is 1.96. The van der Waals surface area contributed by atoms with Crippen molar-refractivity contribution in [1.82, 2.24) is 0 Å². The molecule has 10 heavy (non-hydrogen) atoms. The summed E-state index contributed by atoms with van der Waals surface area (Å²) in [6.07, 6.45) is 5.54. The van der Waals surface area contributed by atoms with Gasteiger partial charge in [-0.1, -0.05) is 19.8 Å². The largest absolute Gasteiger partial charge is 0.328 e. The Morgan fingerprint density at radius 3 is 2.50 bits per heavy atom. The lowest BCUT2D eigenvalue weighted by Crippen LogP contribution is -2.30. The van der Waals surface area contributed by atoms with Crippen LogP contribution in [-0.4, -0.2) is 6.04 Å². The molecule has 1 fully saturated rings. The van der Waals surface area contributed by atoms with E-state index in [0.717, 1.165) is 11.8 Å². The van der Waals surface area contributed by atoms with Gasteiger partial charge in [0.05, 0.1) is 0 Å². The van der Waals surface area contributed by atoms with Gasteiger partial charge in [-0.15, -0.1) is 0 Å². The van der Waals surface area contributed by atoms with Crippen LogP contribution < -0.4 is 5.73 Å². The van der Waals surface area contributed by atoms with Gasteiger partial charge < -0.3 is 5.73 Å². The molecule has 60 valence electrons. The van der Waals surface area contributed by atoms with Crippen molar-refractivity contribution in [2.75, 3.05) is 0 Å². The maximum atomic E-state index is 5.83. The van der Waals surface area contributed by atoms with Gasteiger partial charge >= 0.3 is 0 Å². The Balaban J connectivity index is 2.32. The van der Waals surface area contributed by atoms with Gasteiger partial charge in [0.15, 0.2) is 0 Å². The third-order valence-electron chi connectivity index (χ3n) is 2.72. The van der Waals surface area contributed by atoms with Crippen LogP contribution in [0.15, 0.2) is 0 Å². The van der Waals surface area contributed by atoms with Crippen molar-refractivity contribution in [3.63, 3.8) is 0 Å². The molecule has 0 spiro atoms. The summed E-state index contributed by atoms with van der Waals surface area (Å²) in [5.41, 5.74) is 5.83. The lowest BCUT2D eigenvalue weighted by atomic mass is 9.79. The summed E-state index contributed by atoms with van der Waals surface area (Å²) in [5.74, 6) is 1.73. The van der Waals surface area contributed by atoms with E-state index in [4.69, 9.17) is 5.73 Å². The van der Waals surface area contributed by atoms with Gasteiger partial charge in [0, 0.05) is 6.04 Å². The van der Waals surface area contributed by atoms with Crippen LogP contribution >= 0.6 is 0 Å². The van der Waals surface area contributed by atoms with Gasteiger partial charge in [0.1, 0.15) is 0 Å². The van der Waals surface area contributed by atoms with Crippen LogP contribution in [0.2, 0.25) is 0 Å². The third-order valence-corrected chi connectivity index (χ3v) is 2.72. The van der Waals surface area contributed by atoms with Crippen LogP contribution in [-0.2, 0) is 0 Å². The summed E-state index contributed by atoms with van der Waals surface area (Å²) in [6, 6.07) is 0.419. The molecule has 0 bridgehead atoms. The molecule has 0 aromatic carbocycles. The molecule has 3 atom stereocenters. The molecule has 0 saturated heterocycles. The maximum absolute atomic E-state index is 5.83. The first-order valence-corrected chi connectivity index (χ1v) is 4.45. The molecule has 0 radical (unpaired) electrons. The molecule has 1 heteroatoms. The number of hydrogen-bond acceptors (Lipinski definition) is 1. The standard InChI is InChI=1S/C9H19N/c1-7-4-3-5-9(6-7)8(2)10/h7-9H,3-6,10H2,1-2H3/t7-,8-,9+/m0/s1. The molecular formula is C9H19N. The van der Waals surface area contributed by atoms with E-state index in [-0.39, 0.29) is 0 Å². The fraction of sp³-hybridized carbons (Fsp3) is 1.00. The number of rotatable bonds is 1. The van der Waals surface area contributed by atoms with Crippen LogP contribution in [0.1, 0.15) is 39.5 Å². The van der Waals surface area contributed by atoms with E-state index in [1.807, 2.05) is 0 Å². The smallest absolute Gasteiger partial charge is 0.00388 e. The molecular weight excluding hydrogens is 122 g/mol. The molecule has 1 nitrogen and oxygen atoms in total. The second kappa shape index (κ2) is 3.38. The van der Waals surface area contributed by atoms with E-state index in [1.54, 1.807) is 0 Å². The van der Waals surface area contributed by atoms with Crippen molar-refractivity contribution in [2.45, 2.75) is 45.6 Å². The van der Waals surface area contributed by atoms with Gasteiger partial charge in [-0.05, 0) is 31.6 Å². The fourth-order valence-corrected chi connectivity index (χ4v) is 1.96. The first kappa shape index (κ1) is 8.06. The zero-order valence-electron chi connectivity index (χ0n) is 7.14. The van der Waals surface area contributed by atoms with Crippen molar-refractivity contribution in [3.05, 3.63) is 0 Å². The second-order valence-electron chi connectivity index (χ2n) is 3.89. The minimum Gasteiger partial charge on any atom is -0.328 e. The highest BCUT2D eigenvalue weighted by atomic mass is 14.6. The van der Waals surface area contributed by atoms with Gasteiger partial charge in [-0.25, -0.2) is 0 Å². The highest BCUT2D eigenvalue weighted by Gasteiger charge is 2.21. The predicted octanol–water partition coefficient (Wildman–Crippen LogP) is 2.16. The SMILES string of the molecule is C[C@H]1CCC[C@@H]([C@H](C)N)C1. The Morgan fingerprint density at radius 1 is 1.40 bits per heavy atom. The summed E-state index contributed by atoms with van der Waals surface area (Å²) in [6.45, 7) is 4.48. The first-order chi connectivity index (χ1) is 4.70. The van der Waals surface area contributed by atoms with Crippen LogP contribution in [0.3, 0.4) is 0 Å². The van der Waals surface area contributed by atoms with Crippen LogP contribution in [0.25, 0.3) is 0 Å². The molecule has 0 heterocycles. The van der Waals surface area contributed by atoms with E-state index >= 15 is 0 Å². The molecule has 0 unspecified atom stereocenters. The van der Waals surface area contributed by atoms with E-state index in [1.165, 1.54) is 25.7 Å². The molecule has 0 aromatic rings. The Bertz CT molecular complexity index is 98.9. The summed E-state index contributed by atoms with van der Waals surface area (Å²) in [7, 11) is 0. The lowest BCUT2D eigenvalue weighted by molar-refractivity contribution is 0.254. The van der Waals surface area contributed by atoms with Gasteiger partial charge in [-0.3, -0.25) is 0 Å². The summed E-state index contributed by atoms with van der Waals surface area (Å²) < 4.78 is 0. The van der Waals surface area contributed by atoms with Crippen molar-refractivity contribution in [2.24, 2.45) is 17.6 Å². The van der Waals surface area contributed by atoms with Crippen molar-refractivity contribution < 1.29 is 0 Å². The van der Waals surface area contributed by atoms with E-state index < -0.39 is 0 Å². The van der Waals surface area contributed by atoms with Gasteiger partial charge in [-0.2, -0.15) is 0 Å². The molecule has 1 aliphatic carbocycles. The van der Waals surface area contributed by atoms with Crippen LogP contribution in [0.4, 0.5) is 0 Å². The lowest BCUT2D eigenvalue weighted by Gasteiger charge is -2.29. The molecule has 1 saturated carbocycles. The Labute approximate surface area is 64.0 Å². The van der Waals surface area contributed by atoms with Gasteiger partial charge in [0.2, 0.25) is 0 Å². The molecule has 0 aliphatic heterocycles. The Morgan fingerprint density at radius 2 is 2.10 bits per heavy atom. The number of hydrogen-bond donors (Lipinski definition) is 1. The second-order valence-corrected chi connectivity index (χ2v) is 3.89. The van der Waals surface area contributed by atoms with Crippen molar-refractivity contribution in [1.29, 1.82) is 0 Å². The number of nitrogens with two attached hydrogens (primary N) is 1. The predicted molar refractivity (Wildman–Crippen MR) is 44.8 cm³/mol. The topological polar surface area (TPSA) is 26.0 Å². The summed E-state index contributed by atoms with van der Waals surface area (Å²) in [5, 5.41) is 0. The quantitative estimate of drug-likeness (QED) is 0.595. The highest BCUT2D eigenvalue weighted by molar-refractivity contribution is 4.75. The molecule has 1 rings (SSSR count). The highest BCUT2D eigenvalue weighted by Crippen LogP contribution is 2.29. The van der Waals surface area contributed by atoms with Crippen LogP contribution in [0, 0.1) is 11.8 Å². The summed E-state index contributed by atoms with van der Waals surface area (Å²) >= 11 is 0. The van der Waals surface area contributed by atoms with Crippen LogP contribution in [0.5, 0.6) is 0 Å². The third kappa shape index (κ3) is 1.98. The average molecular weight is 141 g/mol. The maximum Gasteiger partial charge on any atom is 0.00388 e. The Hall–Kier alpha value is -0.0400. The molecule has 2 N–H and O–H groups in total. The van der Waals surface area contributed by atoms with Crippen molar-refractivity contribution >= 4 is 0 Å². The minimum absolute atomic E-state index is 0.419. The zero-order valence-corrected chi connectivity index (χ0v) is 7.14. The monoisotopic (exact) mass is 141 g/mol. The van der Waals surface area contributed by atoms with E-state index in [2.05, 4.69) is 13.8 Å². The zero-order chi connectivity index (χ0) is 7.56. The molecule has 1 aliphatic rings. The molecule has 0 amide bonds. The molecule has 0 aromatic heterocycles. The average Bonchev–Trinajstić information content (AvgIpc) is 1.88. The normalized spacial score (nSPS) is 37.5. The Kier molecular flexibility index (Phi) is 2.72. The van der Waals surface area contributed by atoms with Gasteiger partial charge in [0.25, 0.3) is 0 Å². The van der Waals surface area contributed by atoms with E-state index in [9.17, 15) is 0 Å². The van der Waals surface area contributed by atoms with Crippen molar-refractivity contribution in [3.8, 4) is 0 Å². The minimum atomic E-state index is 0.419.